The number of nitrogens with one attached hydrogen (secondary N) is 1. The van der Waals surface area contributed by atoms with Gasteiger partial charge in [-0.3, -0.25) is 9.69 Å². The summed E-state index contributed by atoms with van der Waals surface area (Å²) in [5.41, 5.74) is 0.865. The molecule has 0 aliphatic carbocycles. The van der Waals surface area contributed by atoms with Crippen molar-refractivity contribution in [1.82, 2.24) is 9.62 Å². The molecule has 1 unspecified atom stereocenters. The molecule has 2 rings (SSSR count). The Morgan fingerprint density at radius 3 is 2.48 bits per heavy atom. The van der Waals surface area contributed by atoms with E-state index in [0.29, 0.717) is 37.1 Å². The van der Waals surface area contributed by atoms with Gasteiger partial charge in [-0.15, -0.1) is 0 Å². The van der Waals surface area contributed by atoms with E-state index in [9.17, 15) is 22.7 Å². The molecular weight excluding hydrogens is 323 g/mol. The Balaban J connectivity index is 2.11. The highest BCUT2D eigenvalue weighted by Crippen LogP contribution is 2.26. The molecule has 0 bridgehead atoms. The van der Waals surface area contributed by atoms with Gasteiger partial charge in [0.25, 0.3) is 0 Å². The van der Waals surface area contributed by atoms with Crippen molar-refractivity contribution in [1.29, 1.82) is 0 Å². The molecule has 0 aromatic heterocycles. The number of halogens is 1. The van der Waals surface area contributed by atoms with Gasteiger partial charge in [-0.1, -0.05) is 12.1 Å². The molecule has 0 amide bonds. The van der Waals surface area contributed by atoms with Gasteiger partial charge in [-0.2, -0.15) is 0 Å². The average molecular weight is 344 g/mol. The van der Waals surface area contributed by atoms with Crippen LogP contribution < -0.4 is 4.72 Å². The molecule has 1 fully saturated rings. The highest BCUT2D eigenvalue weighted by molar-refractivity contribution is 7.88. The fourth-order valence-electron chi connectivity index (χ4n) is 2.87. The second kappa shape index (κ2) is 6.94. The van der Waals surface area contributed by atoms with E-state index in [1.165, 1.54) is 6.07 Å². The van der Waals surface area contributed by atoms with Crippen molar-refractivity contribution in [2.75, 3.05) is 19.3 Å². The summed E-state index contributed by atoms with van der Waals surface area (Å²) in [6, 6.07) is 3.33. The van der Waals surface area contributed by atoms with Gasteiger partial charge in [-0.25, -0.2) is 17.5 Å². The molecule has 0 spiro atoms. The maximum Gasteiger partial charge on any atom is 0.325 e. The lowest BCUT2D eigenvalue weighted by atomic mass is 9.99. The summed E-state index contributed by atoms with van der Waals surface area (Å²) in [7, 11) is -3.27. The molecule has 1 aromatic carbocycles. The van der Waals surface area contributed by atoms with Gasteiger partial charge in [0.15, 0.2) is 0 Å². The van der Waals surface area contributed by atoms with Crippen LogP contribution in [0.15, 0.2) is 18.2 Å². The Labute approximate surface area is 135 Å². The summed E-state index contributed by atoms with van der Waals surface area (Å²) < 4.78 is 38.8. The highest BCUT2D eigenvalue weighted by atomic mass is 32.2. The molecule has 128 valence electrons. The number of benzene rings is 1. The largest absolute Gasteiger partial charge is 0.480 e. The van der Waals surface area contributed by atoms with Crippen molar-refractivity contribution < 1.29 is 22.7 Å². The van der Waals surface area contributed by atoms with Gasteiger partial charge in [0.2, 0.25) is 10.0 Å². The van der Waals surface area contributed by atoms with E-state index in [1.54, 1.807) is 24.0 Å². The summed E-state index contributed by atoms with van der Waals surface area (Å²) in [6.45, 7) is 2.48. The number of piperidine rings is 1. The maximum absolute atomic E-state index is 13.7. The third-order valence-corrected chi connectivity index (χ3v) is 4.78. The second-order valence-electron chi connectivity index (χ2n) is 5.95. The van der Waals surface area contributed by atoms with Crippen molar-refractivity contribution >= 4 is 16.0 Å². The van der Waals surface area contributed by atoms with Crippen molar-refractivity contribution in [3.8, 4) is 0 Å². The number of aliphatic carboxylic acids is 1. The van der Waals surface area contributed by atoms with Gasteiger partial charge >= 0.3 is 5.97 Å². The first-order valence-electron chi connectivity index (χ1n) is 7.37. The van der Waals surface area contributed by atoms with E-state index in [4.69, 9.17) is 0 Å². The van der Waals surface area contributed by atoms with E-state index < -0.39 is 27.9 Å². The van der Waals surface area contributed by atoms with E-state index in [2.05, 4.69) is 4.72 Å². The highest BCUT2D eigenvalue weighted by Gasteiger charge is 2.32. The lowest BCUT2D eigenvalue weighted by Crippen LogP contribution is -2.46. The number of hydrogen-bond acceptors (Lipinski definition) is 4. The zero-order valence-electron chi connectivity index (χ0n) is 13.1. The van der Waals surface area contributed by atoms with Crippen LogP contribution in [-0.2, 0) is 14.8 Å². The van der Waals surface area contributed by atoms with E-state index >= 15 is 0 Å². The van der Waals surface area contributed by atoms with Crippen LogP contribution in [0.1, 0.15) is 30.0 Å². The molecule has 1 aliphatic rings. The van der Waals surface area contributed by atoms with Crippen LogP contribution in [0.4, 0.5) is 4.39 Å². The molecule has 1 aliphatic heterocycles. The lowest BCUT2D eigenvalue weighted by molar-refractivity contribution is -0.144. The van der Waals surface area contributed by atoms with Crippen molar-refractivity contribution in [3.05, 3.63) is 35.1 Å². The van der Waals surface area contributed by atoms with Crippen LogP contribution in [0.2, 0.25) is 0 Å². The molecule has 0 saturated carbocycles. The zero-order chi connectivity index (χ0) is 17.2. The summed E-state index contributed by atoms with van der Waals surface area (Å²) in [4.78, 5) is 13.4. The van der Waals surface area contributed by atoms with E-state index in [0.717, 1.165) is 6.26 Å². The third kappa shape index (κ3) is 4.73. The first-order chi connectivity index (χ1) is 10.7. The van der Waals surface area contributed by atoms with E-state index in [-0.39, 0.29) is 6.04 Å². The molecular formula is C15H21FN2O4S. The Morgan fingerprint density at radius 2 is 2.00 bits per heavy atom. The molecule has 23 heavy (non-hydrogen) atoms. The molecule has 6 nitrogen and oxygen atoms in total. The van der Waals surface area contributed by atoms with Gasteiger partial charge < -0.3 is 5.11 Å². The zero-order valence-corrected chi connectivity index (χ0v) is 13.9. The van der Waals surface area contributed by atoms with Crippen LogP contribution in [0, 0.1) is 12.7 Å². The topological polar surface area (TPSA) is 86.7 Å². The summed E-state index contributed by atoms with van der Waals surface area (Å²) in [6.07, 6.45) is 2.14. The Hall–Kier alpha value is -1.51. The quantitative estimate of drug-likeness (QED) is 0.840. The lowest BCUT2D eigenvalue weighted by Gasteiger charge is -2.35. The summed E-state index contributed by atoms with van der Waals surface area (Å²) in [5, 5.41) is 9.52. The Kier molecular flexibility index (Phi) is 5.38. The molecule has 0 radical (unpaired) electrons. The van der Waals surface area contributed by atoms with Crippen LogP contribution in [0.25, 0.3) is 0 Å². The maximum atomic E-state index is 13.7. The molecule has 2 N–H and O–H groups in total. The number of sulfonamides is 1. The van der Waals surface area contributed by atoms with Crippen LogP contribution in [0.3, 0.4) is 0 Å². The first kappa shape index (κ1) is 17.8. The predicted octanol–water partition coefficient (Wildman–Crippen LogP) is 1.27. The number of nitrogens with zero attached hydrogens (tertiary/aromatic N) is 1. The SMILES string of the molecule is Cc1ccc(C(C(=O)O)N2CCC(NS(C)(=O)=O)CC2)cc1F. The molecule has 1 atom stereocenters. The number of carboxylic acid groups (broad SMARTS) is 1. The second-order valence-corrected chi connectivity index (χ2v) is 7.73. The Bertz CT molecular complexity index is 685. The number of likely N-dealkylation sites (tertiary alicyclic amines) is 1. The molecule has 1 heterocycles. The van der Waals surface area contributed by atoms with Crippen LogP contribution in [-0.4, -0.2) is 49.8 Å². The van der Waals surface area contributed by atoms with Crippen LogP contribution in [0.5, 0.6) is 0 Å². The minimum Gasteiger partial charge on any atom is -0.480 e. The summed E-state index contributed by atoms with van der Waals surface area (Å²) >= 11 is 0. The van der Waals surface area contributed by atoms with Gasteiger partial charge in [0.1, 0.15) is 11.9 Å². The minimum atomic E-state index is -3.27. The molecule has 8 heteroatoms. The van der Waals surface area contributed by atoms with Gasteiger partial charge in [-0.05, 0) is 37.0 Å². The van der Waals surface area contributed by atoms with Crippen LogP contribution >= 0.6 is 0 Å². The normalized spacial score (nSPS) is 18.7. The fourth-order valence-corrected chi connectivity index (χ4v) is 3.71. The predicted molar refractivity (Wildman–Crippen MR) is 84.1 cm³/mol. The molecule has 1 aromatic rings. The standard InChI is InChI=1S/C15H21FN2O4S/c1-10-3-4-11(9-13(10)16)14(15(19)20)18-7-5-12(6-8-18)17-23(2,21)22/h3-4,9,12,14,17H,5-8H2,1-2H3,(H,19,20). The number of rotatable bonds is 5. The van der Waals surface area contributed by atoms with Gasteiger partial charge in [0, 0.05) is 19.1 Å². The fraction of sp³-hybridized carbons (Fsp3) is 0.533. The van der Waals surface area contributed by atoms with Crippen molar-refractivity contribution in [3.63, 3.8) is 0 Å². The van der Waals surface area contributed by atoms with Crippen molar-refractivity contribution in [2.24, 2.45) is 0 Å². The third-order valence-electron chi connectivity index (χ3n) is 4.02. The number of aryl methyl sites for hydroxylation is 1. The average Bonchev–Trinajstić information content (AvgIpc) is 2.43. The first-order valence-corrected chi connectivity index (χ1v) is 9.27. The molecule has 1 saturated heterocycles. The summed E-state index contributed by atoms with van der Waals surface area (Å²) in [5.74, 6) is -1.47. The number of carbonyl (C=O) groups is 1. The number of carboxylic acids is 1. The van der Waals surface area contributed by atoms with E-state index in [1.807, 2.05) is 0 Å². The smallest absolute Gasteiger partial charge is 0.325 e. The van der Waals surface area contributed by atoms with Gasteiger partial charge in [0.05, 0.1) is 6.26 Å². The monoisotopic (exact) mass is 344 g/mol. The van der Waals surface area contributed by atoms with Crippen molar-refractivity contribution in [2.45, 2.75) is 31.8 Å². The Morgan fingerprint density at radius 1 is 1.39 bits per heavy atom. The number of hydrogen-bond donors (Lipinski definition) is 2. The minimum absolute atomic E-state index is 0.189.